The van der Waals surface area contributed by atoms with Gasteiger partial charge < -0.3 is 14.7 Å². The molecule has 1 saturated heterocycles. The molecule has 22 heavy (non-hydrogen) atoms. The first-order valence-electron chi connectivity index (χ1n) is 7.20. The molecule has 0 aromatic heterocycles. The van der Waals surface area contributed by atoms with E-state index in [9.17, 15) is 19.1 Å². The Morgan fingerprint density at radius 1 is 1.45 bits per heavy atom. The number of methoxy groups -OCH3 is 1. The fraction of sp³-hybridized carbons (Fsp3) is 0.500. The summed E-state index contributed by atoms with van der Waals surface area (Å²) in [5.74, 6) is -1.33. The van der Waals surface area contributed by atoms with Crippen LogP contribution in [-0.2, 0) is 16.0 Å². The van der Waals surface area contributed by atoms with E-state index in [-0.39, 0.29) is 31.0 Å². The number of aryl methyl sites for hydroxylation is 1. The Kier molecular flexibility index (Phi) is 4.68. The molecule has 1 aromatic carbocycles. The van der Waals surface area contributed by atoms with E-state index in [1.54, 1.807) is 24.0 Å². The Bertz CT molecular complexity index is 590. The van der Waals surface area contributed by atoms with Crippen molar-refractivity contribution in [3.05, 3.63) is 29.6 Å². The molecule has 1 aliphatic heterocycles. The molecule has 1 heterocycles. The molecule has 0 radical (unpaired) electrons. The number of hydrogen-bond donors (Lipinski definition) is 1. The molecular formula is C16H20FNO4. The molecule has 0 aliphatic carbocycles. The minimum absolute atomic E-state index is 0.146. The number of aliphatic carboxylic acids is 1. The molecular weight excluding hydrogens is 289 g/mol. The van der Waals surface area contributed by atoms with Gasteiger partial charge in [0.15, 0.2) is 11.6 Å². The highest BCUT2D eigenvalue weighted by Gasteiger charge is 2.41. The topological polar surface area (TPSA) is 66.8 Å². The molecule has 1 N–H and O–H groups in total. The smallest absolute Gasteiger partial charge is 0.311 e. The van der Waals surface area contributed by atoms with Crippen LogP contribution in [0.2, 0.25) is 0 Å². The summed E-state index contributed by atoms with van der Waals surface area (Å²) in [5, 5.41) is 9.17. The van der Waals surface area contributed by atoms with Gasteiger partial charge in [0.05, 0.1) is 12.5 Å². The first-order chi connectivity index (χ1) is 10.4. The summed E-state index contributed by atoms with van der Waals surface area (Å²) in [6, 6.07) is 4.83. The minimum Gasteiger partial charge on any atom is -0.494 e. The number of carbonyl (C=O) groups is 2. The largest absolute Gasteiger partial charge is 0.494 e. The van der Waals surface area contributed by atoms with Crippen LogP contribution in [0.15, 0.2) is 18.2 Å². The summed E-state index contributed by atoms with van der Waals surface area (Å²) in [7, 11) is 1.39. The highest BCUT2D eigenvalue weighted by Crippen LogP contribution is 2.30. The summed E-state index contributed by atoms with van der Waals surface area (Å²) >= 11 is 0. The van der Waals surface area contributed by atoms with E-state index in [1.807, 2.05) is 0 Å². The van der Waals surface area contributed by atoms with E-state index in [1.165, 1.54) is 13.2 Å². The van der Waals surface area contributed by atoms with E-state index in [0.29, 0.717) is 18.5 Å². The highest BCUT2D eigenvalue weighted by atomic mass is 19.1. The molecule has 2 rings (SSSR count). The van der Waals surface area contributed by atoms with E-state index in [4.69, 9.17) is 4.74 Å². The molecule has 1 atom stereocenters. The normalized spacial score (nSPS) is 21.0. The third-order valence-corrected chi connectivity index (χ3v) is 4.21. The number of amides is 1. The molecule has 0 saturated carbocycles. The van der Waals surface area contributed by atoms with Crippen LogP contribution < -0.4 is 4.74 Å². The van der Waals surface area contributed by atoms with Crippen LogP contribution in [0.1, 0.15) is 25.3 Å². The van der Waals surface area contributed by atoms with E-state index in [0.717, 1.165) is 0 Å². The summed E-state index contributed by atoms with van der Waals surface area (Å²) in [6.45, 7) is 2.29. The van der Waals surface area contributed by atoms with Gasteiger partial charge in [0.2, 0.25) is 5.91 Å². The molecule has 1 aromatic rings. The van der Waals surface area contributed by atoms with Crippen molar-refractivity contribution in [1.82, 2.24) is 4.90 Å². The van der Waals surface area contributed by atoms with Crippen molar-refractivity contribution in [2.45, 2.75) is 26.2 Å². The number of nitrogens with zero attached hydrogens (tertiary/aromatic N) is 1. The van der Waals surface area contributed by atoms with E-state index < -0.39 is 17.2 Å². The average Bonchev–Trinajstić information content (AvgIpc) is 2.90. The van der Waals surface area contributed by atoms with Gasteiger partial charge in [-0.25, -0.2) is 4.39 Å². The molecule has 1 amide bonds. The second-order valence-corrected chi connectivity index (χ2v) is 5.86. The van der Waals surface area contributed by atoms with Crippen molar-refractivity contribution in [1.29, 1.82) is 0 Å². The van der Waals surface area contributed by atoms with Gasteiger partial charge in [0.1, 0.15) is 0 Å². The standard InChI is InChI=1S/C16H20FNO4/c1-16(15(20)21)8-9-18(10-16)13(19)7-6-11-4-3-5-12(22-2)14(11)17/h3-5H,6-10H2,1-2H3,(H,20,21). The molecule has 0 bridgehead atoms. The van der Waals surface area contributed by atoms with Crippen molar-refractivity contribution >= 4 is 11.9 Å². The molecule has 1 aliphatic rings. The van der Waals surface area contributed by atoms with Gasteiger partial charge >= 0.3 is 5.97 Å². The summed E-state index contributed by atoms with van der Waals surface area (Å²) < 4.78 is 18.9. The number of carbonyl (C=O) groups excluding carboxylic acids is 1. The van der Waals surface area contributed by atoms with Crippen LogP contribution in [0.3, 0.4) is 0 Å². The number of halogens is 1. The maximum atomic E-state index is 14.0. The first-order valence-corrected chi connectivity index (χ1v) is 7.20. The fourth-order valence-electron chi connectivity index (χ4n) is 2.66. The Morgan fingerprint density at radius 2 is 2.18 bits per heavy atom. The van der Waals surface area contributed by atoms with Crippen molar-refractivity contribution in [3.63, 3.8) is 0 Å². The zero-order valence-corrected chi connectivity index (χ0v) is 12.8. The number of hydrogen-bond acceptors (Lipinski definition) is 3. The summed E-state index contributed by atoms with van der Waals surface area (Å²) in [4.78, 5) is 24.9. The monoisotopic (exact) mass is 309 g/mol. The number of carboxylic acid groups (broad SMARTS) is 1. The third kappa shape index (κ3) is 3.21. The van der Waals surface area contributed by atoms with Gasteiger partial charge in [0, 0.05) is 19.5 Å². The average molecular weight is 309 g/mol. The molecule has 120 valence electrons. The number of carboxylic acids is 1. The lowest BCUT2D eigenvalue weighted by Gasteiger charge is -2.20. The SMILES string of the molecule is COc1cccc(CCC(=O)N2CCC(C)(C(=O)O)C2)c1F. The maximum absolute atomic E-state index is 14.0. The molecule has 5 nitrogen and oxygen atoms in total. The van der Waals surface area contributed by atoms with Gasteiger partial charge in [0.25, 0.3) is 0 Å². The van der Waals surface area contributed by atoms with Crippen molar-refractivity contribution in [3.8, 4) is 5.75 Å². The van der Waals surface area contributed by atoms with E-state index in [2.05, 4.69) is 0 Å². The minimum atomic E-state index is -0.887. The summed E-state index contributed by atoms with van der Waals surface area (Å²) in [5.41, 5.74) is -0.454. The van der Waals surface area contributed by atoms with Gasteiger partial charge in [-0.15, -0.1) is 0 Å². The van der Waals surface area contributed by atoms with Gasteiger partial charge in [-0.2, -0.15) is 0 Å². The first kappa shape index (κ1) is 16.3. The van der Waals surface area contributed by atoms with Crippen LogP contribution in [-0.4, -0.2) is 42.1 Å². The van der Waals surface area contributed by atoms with E-state index >= 15 is 0 Å². The maximum Gasteiger partial charge on any atom is 0.311 e. The Hall–Kier alpha value is -2.11. The Balaban J connectivity index is 1.96. The fourth-order valence-corrected chi connectivity index (χ4v) is 2.66. The summed E-state index contributed by atoms with van der Waals surface area (Å²) in [6.07, 6.45) is 0.865. The molecule has 6 heteroatoms. The number of rotatable bonds is 5. The zero-order valence-electron chi connectivity index (χ0n) is 12.8. The number of ether oxygens (including phenoxy) is 1. The number of likely N-dealkylation sites (tertiary alicyclic amines) is 1. The quantitative estimate of drug-likeness (QED) is 0.904. The predicted octanol–water partition coefficient (Wildman–Crippen LogP) is 2.09. The van der Waals surface area contributed by atoms with Gasteiger partial charge in [-0.1, -0.05) is 12.1 Å². The van der Waals surface area contributed by atoms with Gasteiger partial charge in [-0.3, -0.25) is 9.59 Å². The van der Waals surface area contributed by atoms with Crippen molar-refractivity contribution in [2.75, 3.05) is 20.2 Å². The lowest BCUT2D eigenvalue weighted by molar-refractivity contribution is -0.147. The number of benzene rings is 1. The molecule has 1 fully saturated rings. The van der Waals surface area contributed by atoms with Crippen molar-refractivity contribution < 1.29 is 23.8 Å². The van der Waals surface area contributed by atoms with Crippen LogP contribution in [0.25, 0.3) is 0 Å². The highest BCUT2D eigenvalue weighted by molar-refractivity contribution is 5.80. The Labute approximate surface area is 128 Å². The van der Waals surface area contributed by atoms with Crippen LogP contribution >= 0.6 is 0 Å². The van der Waals surface area contributed by atoms with Gasteiger partial charge in [-0.05, 0) is 31.4 Å². The third-order valence-electron chi connectivity index (χ3n) is 4.21. The lowest BCUT2D eigenvalue weighted by Crippen LogP contribution is -2.35. The predicted molar refractivity (Wildman–Crippen MR) is 78.2 cm³/mol. The Morgan fingerprint density at radius 3 is 2.77 bits per heavy atom. The second-order valence-electron chi connectivity index (χ2n) is 5.86. The van der Waals surface area contributed by atoms with Crippen LogP contribution in [0.4, 0.5) is 4.39 Å². The van der Waals surface area contributed by atoms with Crippen molar-refractivity contribution in [2.24, 2.45) is 5.41 Å². The lowest BCUT2D eigenvalue weighted by atomic mass is 9.90. The van der Waals surface area contributed by atoms with Crippen LogP contribution in [0.5, 0.6) is 5.75 Å². The molecule has 0 spiro atoms. The zero-order chi connectivity index (χ0) is 16.3. The second kappa shape index (κ2) is 6.34. The molecule has 1 unspecified atom stereocenters. The van der Waals surface area contributed by atoms with Crippen LogP contribution in [0, 0.1) is 11.2 Å².